The van der Waals surface area contributed by atoms with E-state index in [4.69, 9.17) is 9.84 Å². The molecular weight excluding hydrogens is 180 g/mol. The van der Waals surface area contributed by atoms with Crippen molar-refractivity contribution in [3.05, 3.63) is 0 Å². The Balaban J connectivity index is 2.16. The summed E-state index contributed by atoms with van der Waals surface area (Å²) in [7, 11) is 0. The molecule has 4 nitrogen and oxygen atoms in total. The Hall–Kier alpha value is -0.160. The molecule has 1 unspecified atom stereocenters. The zero-order chi connectivity index (χ0) is 10.2. The van der Waals surface area contributed by atoms with E-state index in [1.54, 1.807) is 0 Å². The number of hydrogen-bond donors (Lipinski definition) is 2. The van der Waals surface area contributed by atoms with Crippen LogP contribution >= 0.6 is 0 Å². The molecule has 1 aliphatic rings. The molecule has 0 aromatic carbocycles. The molecule has 2 N–H and O–H groups in total. The van der Waals surface area contributed by atoms with Crippen molar-refractivity contribution in [2.45, 2.75) is 19.4 Å². The standard InChI is InChI=1S/C10H22N2O2/c1-2-10(14-8-7-13)9-12-5-3-11-4-6-12/h10-11,13H,2-9H2,1H3. The monoisotopic (exact) mass is 202 g/mol. The molecule has 0 spiro atoms. The number of aliphatic hydroxyl groups is 1. The first-order valence-corrected chi connectivity index (χ1v) is 5.52. The Labute approximate surface area is 86.2 Å². The van der Waals surface area contributed by atoms with Crippen molar-refractivity contribution in [1.82, 2.24) is 10.2 Å². The SMILES string of the molecule is CCC(CN1CCNCC1)OCCO. The van der Waals surface area contributed by atoms with Crippen LogP contribution in [0.15, 0.2) is 0 Å². The molecule has 1 fully saturated rings. The maximum Gasteiger partial charge on any atom is 0.0702 e. The van der Waals surface area contributed by atoms with E-state index in [2.05, 4.69) is 17.1 Å². The smallest absolute Gasteiger partial charge is 0.0702 e. The summed E-state index contributed by atoms with van der Waals surface area (Å²) >= 11 is 0. The summed E-state index contributed by atoms with van der Waals surface area (Å²) < 4.78 is 5.53. The highest BCUT2D eigenvalue weighted by Crippen LogP contribution is 2.02. The Morgan fingerprint density at radius 3 is 2.71 bits per heavy atom. The van der Waals surface area contributed by atoms with Gasteiger partial charge >= 0.3 is 0 Å². The van der Waals surface area contributed by atoms with Crippen LogP contribution in [0.2, 0.25) is 0 Å². The second-order valence-electron chi connectivity index (χ2n) is 3.68. The van der Waals surface area contributed by atoms with Crippen molar-refractivity contribution in [3.8, 4) is 0 Å². The minimum atomic E-state index is 0.123. The molecule has 84 valence electrons. The van der Waals surface area contributed by atoms with Gasteiger partial charge < -0.3 is 15.2 Å². The Morgan fingerprint density at radius 1 is 1.43 bits per heavy atom. The van der Waals surface area contributed by atoms with Crippen LogP contribution in [-0.4, -0.2) is 62.0 Å². The zero-order valence-corrected chi connectivity index (χ0v) is 9.04. The molecule has 0 radical (unpaired) electrons. The highest BCUT2D eigenvalue weighted by Gasteiger charge is 2.14. The van der Waals surface area contributed by atoms with E-state index in [1.807, 2.05) is 0 Å². The second-order valence-corrected chi connectivity index (χ2v) is 3.68. The lowest BCUT2D eigenvalue weighted by Gasteiger charge is -2.30. The third-order valence-corrected chi connectivity index (χ3v) is 2.57. The van der Waals surface area contributed by atoms with Crippen LogP contribution in [0, 0.1) is 0 Å². The van der Waals surface area contributed by atoms with Gasteiger partial charge in [-0.2, -0.15) is 0 Å². The van der Waals surface area contributed by atoms with Crippen LogP contribution in [0.1, 0.15) is 13.3 Å². The predicted octanol–water partition coefficient (Wildman–Crippen LogP) is -0.321. The van der Waals surface area contributed by atoms with E-state index in [0.717, 1.165) is 39.1 Å². The van der Waals surface area contributed by atoms with Crippen LogP contribution in [0.25, 0.3) is 0 Å². The van der Waals surface area contributed by atoms with Crippen molar-refractivity contribution < 1.29 is 9.84 Å². The molecule has 1 atom stereocenters. The van der Waals surface area contributed by atoms with Crippen molar-refractivity contribution >= 4 is 0 Å². The lowest BCUT2D eigenvalue weighted by Crippen LogP contribution is -2.46. The number of piperazine rings is 1. The number of rotatable bonds is 6. The summed E-state index contributed by atoms with van der Waals surface area (Å²) in [6.45, 7) is 8.09. The first-order chi connectivity index (χ1) is 6.86. The zero-order valence-electron chi connectivity index (χ0n) is 9.04. The summed E-state index contributed by atoms with van der Waals surface area (Å²) in [5.74, 6) is 0. The first-order valence-electron chi connectivity index (χ1n) is 5.52. The fraction of sp³-hybridized carbons (Fsp3) is 1.00. The molecule has 1 saturated heterocycles. The highest BCUT2D eigenvalue weighted by atomic mass is 16.5. The highest BCUT2D eigenvalue weighted by molar-refractivity contribution is 4.71. The van der Waals surface area contributed by atoms with Crippen LogP contribution in [0.5, 0.6) is 0 Å². The molecule has 0 aliphatic carbocycles. The number of nitrogens with one attached hydrogen (secondary N) is 1. The largest absolute Gasteiger partial charge is 0.394 e. The van der Waals surface area contributed by atoms with E-state index in [0.29, 0.717) is 6.61 Å². The fourth-order valence-corrected chi connectivity index (χ4v) is 1.70. The van der Waals surface area contributed by atoms with Crippen LogP contribution in [0.4, 0.5) is 0 Å². The van der Waals surface area contributed by atoms with Gasteiger partial charge in [0.25, 0.3) is 0 Å². The lowest BCUT2D eigenvalue weighted by atomic mass is 10.2. The topological polar surface area (TPSA) is 44.7 Å². The second kappa shape index (κ2) is 7.17. The maximum atomic E-state index is 8.67. The molecule has 4 heteroatoms. The third-order valence-electron chi connectivity index (χ3n) is 2.57. The lowest BCUT2D eigenvalue weighted by molar-refractivity contribution is 0.00409. The van der Waals surface area contributed by atoms with E-state index < -0.39 is 0 Å². The van der Waals surface area contributed by atoms with E-state index in [-0.39, 0.29) is 12.7 Å². The number of ether oxygens (including phenoxy) is 1. The van der Waals surface area contributed by atoms with Gasteiger partial charge in [0.15, 0.2) is 0 Å². The summed E-state index contributed by atoms with van der Waals surface area (Å²) in [6, 6.07) is 0. The van der Waals surface area contributed by atoms with Gasteiger partial charge in [0.1, 0.15) is 0 Å². The van der Waals surface area contributed by atoms with Gasteiger partial charge in [0.2, 0.25) is 0 Å². The first kappa shape index (κ1) is 11.9. The fourth-order valence-electron chi connectivity index (χ4n) is 1.70. The molecule has 0 aromatic rings. The minimum absolute atomic E-state index is 0.123. The van der Waals surface area contributed by atoms with Gasteiger partial charge in [-0.05, 0) is 6.42 Å². The van der Waals surface area contributed by atoms with Crippen molar-refractivity contribution in [1.29, 1.82) is 0 Å². The molecule has 1 aliphatic heterocycles. The third kappa shape index (κ3) is 4.37. The molecule has 0 bridgehead atoms. The summed E-state index contributed by atoms with van der Waals surface area (Å²) in [5.41, 5.74) is 0. The van der Waals surface area contributed by atoms with Crippen LogP contribution < -0.4 is 5.32 Å². The van der Waals surface area contributed by atoms with E-state index in [9.17, 15) is 0 Å². The Kier molecular flexibility index (Phi) is 6.10. The molecule has 0 saturated carbocycles. The molecule has 1 heterocycles. The maximum absolute atomic E-state index is 8.67. The Bertz CT molecular complexity index is 138. The minimum Gasteiger partial charge on any atom is -0.394 e. The van der Waals surface area contributed by atoms with Crippen molar-refractivity contribution in [2.75, 3.05) is 45.9 Å². The average Bonchev–Trinajstić information content (AvgIpc) is 2.25. The molecule has 14 heavy (non-hydrogen) atoms. The normalized spacial score (nSPS) is 21.0. The Morgan fingerprint density at radius 2 is 2.14 bits per heavy atom. The van der Waals surface area contributed by atoms with Crippen molar-refractivity contribution in [3.63, 3.8) is 0 Å². The quantitative estimate of drug-likeness (QED) is 0.619. The number of nitrogens with zero attached hydrogens (tertiary/aromatic N) is 1. The summed E-state index contributed by atoms with van der Waals surface area (Å²) in [6.07, 6.45) is 1.30. The van der Waals surface area contributed by atoms with E-state index in [1.165, 1.54) is 0 Å². The van der Waals surface area contributed by atoms with E-state index >= 15 is 0 Å². The van der Waals surface area contributed by atoms with Gasteiger partial charge in [-0.25, -0.2) is 0 Å². The molecule has 0 aromatic heterocycles. The van der Waals surface area contributed by atoms with Crippen molar-refractivity contribution in [2.24, 2.45) is 0 Å². The molecule has 0 amide bonds. The number of aliphatic hydroxyl groups excluding tert-OH is 1. The van der Waals surface area contributed by atoms with Gasteiger partial charge in [-0.1, -0.05) is 6.92 Å². The summed E-state index contributed by atoms with van der Waals surface area (Å²) in [4.78, 5) is 2.42. The predicted molar refractivity (Wildman–Crippen MR) is 56.4 cm³/mol. The molecular formula is C10H22N2O2. The van der Waals surface area contributed by atoms with Crippen LogP contribution in [-0.2, 0) is 4.74 Å². The van der Waals surface area contributed by atoms with Crippen LogP contribution in [0.3, 0.4) is 0 Å². The van der Waals surface area contributed by atoms with Gasteiger partial charge in [-0.15, -0.1) is 0 Å². The number of hydrogen-bond acceptors (Lipinski definition) is 4. The van der Waals surface area contributed by atoms with Gasteiger partial charge in [-0.3, -0.25) is 4.90 Å². The average molecular weight is 202 g/mol. The molecule has 1 rings (SSSR count). The summed E-state index contributed by atoms with van der Waals surface area (Å²) in [5, 5.41) is 12.0. The van der Waals surface area contributed by atoms with Gasteiger partial charge in [0, 0.05) is 32.7 Å². The van der Waals surface area contributed by atoms with Gasteiger partial charge in [0.05, 0.1) is 19.3 Å².